The van der Waals surface area contributed by atoms with Gasteiger partial charge < -0.3 is 5.32 Å². The standard InChI is InChI=1S/C18H25N5O2S/c1-13(2)26(24,25)23-9-5-7-15(12-23)16-10-20-18(11-19-16)22-17-8-4-6-14(3)21-17/h4,6,8,10-11,13,15H,5,7,9,12H2,1-3H3,(H,20,21,22). The molecule has 8 heteroatoms. The minimum Gasteiger partial charge on any atom is -0.324 e. The second kappa shape index (κ2) is 7.67. The molecule has 1 N–H and O–H groups in total. The van der Waals surface area contributed by atoms with E-state index in [9.17, 15) is 8.42 Å². The summed E-state index contributed by atoms with van der Waals surface area (Å²) in [5.41, 5.74) is 1.75. The molecule has 7 nitrogen and oxygen atoms in total. The summed E-state index contributed by atoms with van der Waals surface area (Å²) < 4.78 is 26.4. The van der Waals surface area contributed by atoms with E-state index in [1.807, 2.05) is 25.1 Å². The fourth-order valence-corrected chi connectivity index (χ4v) is 4.44. The Kier molecular flexibility index (Phi) is 5.52. The summed E-state index contributed by atoms with van der Waals surface area (Å²) in [7, 11) is -3.23. The molecule has 1 atom stereocenters. The van der Waals surface area contributed by atoms with Gasteiger partial charge in [0.05, 0.1) is 23.3 Å². The fourth-order valence-electron chi connectivity index (χ4n) is 3.07. The third-order valence-corrected chi connectivity index (χ3v) is 6.82. The highest BCUT2D eigenvalue weighted by molar-refractivity contribution is 7.89. The molecule has 0 aliphatic carbocycles. The van der Waals surface area contributed by atoms with Gasteiger partial charge in [-0.05, 0) is 45.7 Å². The van der Waals surface area contributed by atoms with Gasteiger partial charge in [-0.25, -0.2) is 22.7 Å². The van der Waals surface area contributed by atoms with E-state index in [0.29, 0.717) is 18.9 Å². The summed E-state index contributed by atoms with van der Waals surface area (Å²) in [6, 6.07) is 5.73. The first-order valence-corrected chi connectivity index (χ1v) is 10.4. The average molecular weight is 375 g/mol. The van der Waals surface area contributed by atoms with Gasteiger partial charge >= 0.3 is 0 Å². The summed E-state index contributed by atoms with van der Waals surface area (Å²) in [6.07, 6.45) is 5.17. The van der Waals surface area contributed by atoms with Crippen molar-refractivity contribution >= 4 is 21.7 Å². The zero-order valence-corrected chi connectivity index (χ0v) is 16.2. The van der Waals surface area contributed by atoms with Gasteiger partial charge in [0.25, 0.3) is 0 Å². The number of rotatable bonds is 5. The Bertz CT molecular complexity index is 852. The lowest BCUT2D eigenvalue weighted by Gasteiger charge is -2.32. The molecule has 0 aromatic carbocycles. The van der Waals surface area contributed by atoms with Crippen LogP contribution in [0.4, 0.5) is 11.6 Å². The van der Waals surface area contributed by atoms with Crippen LogP contribution >= 0.6 is 0 Å². The molecule has 0 radical (unpaired) electrons. The predicted octanol–water partition coefficient (Wildman–Crippen LogP) is 2.84. The number of piperidine rings is 1. The minimum atomic E-state index is -3.23. The average Bonchev–Trinajstić information content (AvgIpc) is 2.62. The molecule has 1 fully saturated rings. The van der Waals surface area contributed by atoms with E-state index in [4.69, 9.17) is 0 Å². The fraction of sp³-hybridized carbons (Fsp3) is 0.500. The minimum absolute atomic E-state index is 0.0796. The number of sulfonamides is 1. The molecule has 1 aliphatic heterocycles. The number of hydrogen-bond acceptors (Lipinski definition) is 6. The molecule has 0 bridgehead atoms. The van der Waals surface area contributed by atoms with Crippen LogP contribution in [0.3, 0.4) is 0 Å². The maximum atomic E-state index is 12.4. The van der Waals surface area contributed by atoms with E-state index in [-0.39, 0.29) is 5.92 Å². The molecule has 3 rings (SSSR count). The van der Waals surface area contributed by atoms with Gasteiger partial charge in [-0.1, -0.05) is 6.07 Å². The first kappa shape index (κ1) is 18.7. The normalized spacial score (nSPS) is 18.8. The lowest BCUT2D eigenvalue weighted by molar-refractivity contribution is 0.310. The number of nitrogens with one attached hydrogen (secondary N) is 1. The van der Waals surface area contributed by atoms with Crippen LogP contribution in [0.2, 0.25) is 0 Å². The second-order valence-corrected chi connectivity index (χ2v) is 9.40. The van der Waals surface area contributed by atoms with Crippen molar-refractivity contribution < 1.29 is 8.42 Å². The first-order valence-electron chi connectivity index (χ1n) is 8.88. The molecule has 1 aliphatic rings. The van der Waals surface area contributed by atoms with E-state index in [1.165, 1.54) is 0 Å². The van der Waals surface area contributed by atoms with Gasteiger partial charge in [0.1, 0.15) is 11.6 Å². The Balaban J connectivity index is 1.70. The molecule has 0 amide bonds. The number of aryl methyl sites for hydroxylation is 1. The van der Waals surface area contributed by atoms with Crippen LogP contribution in [0.15, 0.2) is 30.6 Å². The molecule has 0 spiro atoms. The molecule has 3 heterocycles. The lowest BCUT2D eigenvalue weighted by Crippen LogP contribution is -2.42. The largest absolute Gasteiger partial charge is 0.324 e. The molecule has 26 heavy (non-hydrogen) atoms. The van der Waals surface area contributed by atoms with Crippen molar-refractivity contribution in [2.75, 3.05) is 18.4 Å². The van der Waals surface area contributed by atoms with Crippen molar-refractivity contribution in [1.82, 2.24) is 19.3 Å². The maximum Gasteiger partial charge on any atom is 0.216 e. The van der Waals surface area contributed by atoms with Crippen molar-refractivity contribution in [3.63, 3.8) is 0 Å². The van der Waals surface area contributed by atoms with Gasteiger partial charge in [-0.3, -0.25) is 4.98 Å². The molecule has 2 aromatic heterocycles. The van der Waals surface area contributed by atoms with Crippen LogP contribution in [0.1, 0.15) is 44.0 Å². The topological polar surface area (TPSA) is 88.1 Å². The summed E-state index contributed by atoms with van der Waals surface area (Å²) >= 11 is 0. The highest BCUT2D eigenvalue weighted by Gasteiger charge is 2.32. The number of aromatic nitrogens is 3. The Labute approximate surface area is 154 Å². The molecule has 0 saturated carbocycles. The van der Waals surface area contributed by atoms with Crippen LogP contribution in [-0.4, -0.2) is 46.0 Å². The SMILES string of the molecule is Cc1cccc(Nc2cnc(C3CCCN(S(=O)(=O)C(C)C)C3)cn2)n1. The van der Waals surface area contributed by atoms with Crippen LogP contribution in [-0.2, 0) is 10.0 Å². The summed E-state index contributed by atoms with van der Waals surface area (Å²) in [5, 5.41) is 2.73. The Hall–Kier alpha value is -2.06. The zero-order chi connectivity index (χ0) is 18.7. The lowest BCUT2D eigenvalue weighted by atomic mass is 9.96. The van der Waals surface area contributed by atoms with Crippen molar-refractivity contribution in [3.05, 3.63) is 42.0 Å². The van der Waals surface area contributed by atoms with Crippen molar-refractivity contribution in [2.45, 2.75) is 44.8 Å². The summed E-state index contributed by atoms with van der Waals surface area (Å²) in [6.45, 7) is 6.43. The summed E-state index contributed by atoms with van der Waals surface area (Å²) in [4.78, 5) is 13.3. The van der Waals surface area contributed by atoms with Crippen molar-refractivity contribution in [3.8, 4) is 0 Å². The molecule has 140 valence electrons. The molecular formula is C18H25N5O2S. The van der Waals surface area contributed by atoms with Gasteiger partial charge in [0.15, 0.2) is 0 Å². The van der Waals surface area contributed by atoms with Crippen LogP contribution in [0, 0.1) is 6.92 Å². The van der Waals surface area contributed by atoms with Crippen molar-refractivity contribution in [1.29, 1.82) is 0 Å². The van der Waals surface area contributed by atoms with E-state index in [1.54, 1.807) is 30.5 Å². The third kappa shape index (κ3) is 4.19. The Morgan fingerprint density at radius 3 is 2.65 bits per heavy atom. The number of pyridine rings is 1. The van der Waals surface area contributed by atoms with E-state index < -0.39 is 15.3 Å². The van der Waals surface area contributed by atoms with E-state index in [2.05, 4.69) is 20.3 Å². The van der Waals surface area contributed by atoms with Crippen molar-refractivity contribution in [2.24, 2.45) is 0 Å². The highest BCUT2D eigenvalue weighted by Crippen LogP contribution is 2.28. The Morgan fingerprint density at radius 2 is 2.00 bits per heavy atom. The molecule has 1 saturated heterocycles. The van der Waals surface area contributed by atoms with Gasteiger partial charge in [0, 0.05) is 24.7 Å². The van der Waals surface area contributed by atoms with Gasteiger partial charge in [0.2, 0.25) is 10.0 Å². The number of nitrogens with zero attached hydrogens (tertiary/aromatic N) is 4. The smallest absolute Gasteiger partial charge is 0.216 e. The third-order valence-electron chi connectivity index (χ3n) is 4.57. The van der Waals surface area contributed by atoms with Crippen LogP contribution in [0.5, 0.6) is 0 Å². The molecule has 2 aromatic rings. The number of anilines is 2. The zero-order valence-electron chi connectivity index (χ0n) is 15.4. The van der Waals surface area contributed by atoms with E-state index in [0.717, 1.165) is 30.0 Å². The molecular weight excluding hydrogens is 350 g/mol. The second-order valence-electron chi connectivity index (χ2n) is 6.91. The van der Waals surface area contributed by atoms with Gasteiger partial charge in [-0.2, -0.15) is 0 Å². The highest BCUT2D eigenvalue weighted by atomic mass is 32.2. The predicted molar refractivity (Wildman–Crippen MR) is 102 cm³/mol. The monoisotopic (exact) mass is 375 g/mol. The maximum absolute atomic E-state index is 12.4. The van der Waals surface area contributed by atoms with Crippen LogP contribution in [0.25, 0.3) is 0 Å². The first-order chi connectivity index (χ1) is 12.4. The van der Waals surface area contributed by atoms with Crippen LogP contribution < -0.4 is 5.32 Å². The summed E-state index contributed by atoms with van der Waals surface area (Å²) in [5.74, 6) is 1.42. The Morgan fingerprint density at radius 1 is 1.19 bits per heavy atom. The van der Waals surface area contributed by atoms with E-state index >= 15 is 0 Å². The quantitative estimate of drug-likeness (QED) is 0.864. The molecule has 1 unspecified atom stereocenters. The number of hydrogen-bond donors (Lipinski definition) is 1. The van der Waals surface area contributed by atoms with Gasteiger partial charge in [-0.15, -0.1) is 0 Å².